The number of nitrogens with zero attached hydrogens (tertiary/aromatic N) is 2. The van der Waals surface area contributed by atoms with Gasteiger partial charge in [0, 0.05) is 37.7 Å². The Labute approximate surface area is 151 Å². The van der Waals surface area contributed by atoms with E-state index in [1.54, 1.807) is 28.1 Å². The Morgan fingerprint density at radius 2 is 1.83 bits per heavy atom. The van der Waals surface area contributed by atoms with Crippen LogP contribution in [0.15, 0.2) is 16.3 Å². The van der Waals surface area contributed by atoms with Crippen molar-refractivity contribution >= 4 is 39.0 Å². The van der Waals surface area contributed by atoms with Gasteiger partial charge in [0.2, 0.25) is 10.0 Å². The summed E-state index contributed by atoms with van der Waals surface area (Å²) in [5.74, 6) is 1.38. The van der Waals surface area contributed by atoms with Crippen molar-refractivity contribution in [2.24, 2.45) is 0 Å². The van der Waals surface area contributed by atoms with Crippen LogP contribution in [0.5, 0.6) is 0 Å². The zero-order valence-corrected chi connectivity index (χ0v) is 16.3. The third-order valence-corrected chi connectivity index (χ3v) is 8.03. The van der Waals surface area contributed by atoms with Crippen LogP contribution in [0, 0.1) is 0 Å². The zero-order valence-electron chi connectivity index (χ0n) is 13.8. The molecule has 2 aliphatic rings. The van der Waals surface area contributed by atoms with Gasteiger partial charge < -0.3 is 9.64 Å². The second-order valence-electron chi connectivity index (χ2n) is 6.10. The second kappa shape index (κ2) is 7.33. The molecule has 1 amide bonds. The molecule has 3 rings (SSSR count). The van der Waals surface area contributed by atoms with Crippen LogP contribution in [0.1, 0.15) is 23.5 Å². The monoisotopic (exact) mass is 390 g/mol. The van der Waals surface area contributed by atoms with Crippen LogP contribution < -0.4 is 0 Å². The van der Waals surface area contributed by atoms with E-state index in [1.807, 2.05) is 13.8 Å². The number of thioether (sulfide) groups is 1. The highest BCUT2D eigenvalue weighted by Gasteiger charge is 2.34. The van der Waals surface area contributed by atoms with E-state index in [0.717, 1.165) is 11.5 Å². The van der Waals surface area contributed by atoms with Gasteiger partial charge >= 0.3 is 0 Å². The highest BCUT2D eigenvalue weighted by molar-refractivity contribution is 7.99. The number of hydrogen-bond donors (Lipinski definition) is 0. The Hall–Kier alpha value is -0.610. The van der Waals surface area contributed by atoms with Crippen molar-refractivity contribution in [1.29, 1.82) is 0 Å². The summed E-state index contributed by atoms with van der Waals surface area (Å²) in [6.45, 7) is 5.83. The lowest BCUT2D eigenvalue weighted by Crippen LogP contribution is -2.48. The number of morpholine rings is 1. The van der Waals surface area contributed by atoms with Gasteiger partial charge in [-0.2, -0.15) is 16.1 Å². The van der Waals surface area contributed by atoms with E-state index in [2.05, 4.69) is 0 Å². The highest BCUT2D eigenvalue weighted by atomic mass is 32.2. The maximum absolute atomic E-state index is 12.9. The molecule has 2 atom stereocenters. The van der Waals surface area contributed by atoms with Crippen LogP contribution >= 0.6 is 23.1 Å². The van der Waals surface area contributed by atoms with Gasteiger partial charge in [-0.3, -0.25) is 4.79 Å². The fourth-order valence-electron chi connectivity index (χ4n) is 3.07. The molecule has 0 spiro atoms. The van der Waals surface area contributed by atoms with Gasteiger partial charge in [0.05, 0.1) is 12.2 Å². The fourth-order valence-corrected chi connectivity index (χ4v) is 7.01. The van der Waals surface area contributed by atoms with Crippen LogP contribution in [0.25, 0.3) is 0 Å². The van der Waals surface area contributed by atoms with E-state index < -0.39 is 10.0 Å². The van der Waals surface area contributed by atoms with Crippen LogP contribution in [0.3, 0.4) is 0 Å². The van der Waals surface area contributed by atoms with Crippen LogP contribution in [0.4, 0.5) is 0 Å². The topological polar surface area (TPSA) is 66.9 Å². The first-order valence-corrected chi connectivity index (χ1v) is 11.5. The SMILES string of the molecule is CC1CN(C(=O)c2sccc2S(=O)(=O)N2CCSCC2)CC(C)O1. The Balaban J connectivity index is 1.85. The van der Waals surface area contributed by atoms with E-state index >= 15 is 0 Å². The lowest BCUT2D eigenvalue weighted by atomic mass is 10.2. The molecule has 0 saturated carbocycles. The van der Waals surface area contributed by atoms with E-state index in [-0.39, 0.29) is 23.0 Å². The maximum Gasteiger partial charge on any atom is 0.265 e. The quantitative estimate of drug-likeness (QED) is 0.786. The summed E-state index contributed by atoms with van der Waals surface area (Å²) in [5, 5.41) is 1.69. The molecule has 1 aromatic heterocycles. The number of ether oxygens (including phenoxy) is 1. The van der Waals surface area contributed by atoms with Crippen molar-refractivity contribution in [3.63, 3.8) is 0 Å². The summed E-state index contributed by atoms with van der Waals surface area (Å²) >= 11 is 2.95. The van der Waals surface area contributed by atoms with Crippen molar-refractivity contribution in [2.75, 3.05) is 37.7 Å². The van der Waals surface area contributed by atoms with Crippen LogP contribution in [-0.2, 0) is 14.8 Å². The third-order valence-electron chi connectivity index (χ3n) is 4.12. The molecule has 24 heavy (non-hydrogen) atoms. The molecule has 2 saturated heterocycles. The maximum atomic E-state index is 12.9. The summed E-state index contributed by atoms with van der Waals surface area (Å²) in [5.41, 5.74) is 0. The smallest absolute Gasteiger partial charge is 0.265 e. The minimum absolute atomic E-state index is 0.0446. The van der Waals surface area contributed by atoms with Crippen molar-refractivity contribution in [3.05, 3.63) is 16.3 Å². The molecule has 3 heterocycles. The summed E-state index contributed by atoms with van der Waals surface area (Å²) in [6, 6.07) is 1.56. The van der Waals surface area contributed by atoms with Gasteiger partial charge in [-0.1, -0.05) is 0 Å². The summed E-state index contributed by atoms with van der Waals surface area (Å²) in [4.78, 5) is 15.1. The highest BCUT2D eigenvalue weighted by Crippen LogP contribution is 2.29. The molecule has 134 valence electrons. The summed E-state index contributed by atoms with van der Waals surface area (Å²) in [6.07, 6.45) is -0.0892. The minimum atomic E-state index is -3.61. The first-order chi connectivity index (χ1) is 11.4. The molecule has 2 aliphatic heterocycles. The van der Waals surface area contributed by atoms with Gasteiger partial charge in [-0.25, -0.2) is 8.42 Å². The molecule has 0 N–H and O–H groups in total. The molecule has 0 radical (unpaired) electrons. The predicted molar refractivity (Wildman–Crippen MR) is 96.3 cm³/mol. The molecular weight excluding hydrogens is 368 g/mol. The van der Waals surface area contributed by atoms with Crippen molar-refractivity contribution in [1.82, 2.24) is 9.21 Å². The number of sulfonamides is 1. The lowest BCUT2D eigenvalue weighted by molar-refractivity contribution is -0.0585. The normalized spacial score (nSPS) is 26.5. The second-order valence-corrected chi connectivity index (χ2v) is 10.1. The summed E-state index contributed by atoms with van der Waals surface area (Å²) < 4.78 is 33.0. The predicted octanol–water partition coefficient (Wildman–Crippen LogP) is 1.74. The molecule has 0 aliphatic carbocycles. The zero-order chi connectivity index (χ0) is 17.3. The molecular formula is C15H22N2O4S3. The number of rotatable bonds is 3. The van der Waals surface area contributed by atoms with E-state index in [4.69, 9.17) is 4.74 Å². The van der Waals surface area contributed by atoms with Crippen LogP contribution in [-0.4, -0.2) is 73.4 Å². The lowest BCUT2D eigenvalue weighted by Gasteiger charge is -2.35. The third kappa shape index (κ3) is 3.65. The Bertz CT molecular complexity index is 687. The number of hydrogen-bond acceptors (Lipinski definition) is 6. The Morgan fingerprint density at radius 3 is 2.46 bits per heavy atom. The summed E-state index contributed by atoms with van der Waals surface area (Å²) in [7, 11) is -3.61. The standard InChI is InChI=1S/C15H22N2O4S3/c1-11-9-16(10-12(2)21-11)15(18)14-13(3-6-23-14)24(19,20)17-4-7-22-8-5-17/h3,6,11-12H,4-5,7-10H2,1-2H3. The molecule has 0 aromatic carbocycles. The van der Waals surface area contributed by atoms with E-state index in [0.29, 0.717) is 31.1 Å². The van der Waals surface area contributed by atoms with Crippen LogP contribution in [0.2, 0.25) is 0 Å². The van der Waals surface area contributed by atoms with Gasteiger partial charge in [0.25, 0.3) is 5.91 Å². The van der Waals surface area contributed by atoms with Gasteiger partial charge in [-0.05, 0) is 25.3 Å². The van der Waals surface area contributed by atoms with Gasteiger partial charge in [0.1, 0.15) is 9.77 Å². The number of carbonyl (C=O) groups is 1. The first-order valence-electron chi connectivity index (χ1n) is 7.99. The van der Waals surface area contributed by atoms with Crippen molar-refractivity contribution in [2.45, 2.75) is 31.0 Å². The average molecular weight is 391 g/mol. The largest absolute Gasteiger partial charge is 0.372 e. The molecule has 2 unspecified atom stereocenters. The average Bonchev–Trinajstić information content (AvgIpc) is 3.04. The number of amides is 1. The molecule has 6 nitrogen and oxygen atoms in total. The van der Waals surface area contributed by atoms with Crippen molar-refractivity contribution in [3.8, 4) is 0 Å². The minimum Gasteiger partial charge on any atom is -0.372 e. The fraction of sp³-hybridized carbons (Fsp3) is 0.667. The molecule has 0 bridgehead atoms. The van der Waals surface area contributed by atoms with Gasteiger partial charge in [0.15, 0.2) is 0 Å². The molecule has 1 aromatic rings. The molecule has 2 fully saturated rings. The number of thiophene rings is 1. The number of carbonyl (C=O) groups excluding carboxylic acids is 1. The first kappa shape index (κ1) is 18.2. The van der Waals surface area contributed by atoms with E-state index in [1.165, 1.54) is 15.6 Å². The Kier molecular flexibility index (Phi) is 5.55. The van der Waals surface area contributed by atoms with E-state index in [9.17, 15) is 13.2 Å². The van der Waals surface area contributed by atoms with Gasteiger partial charge in [-0.15, -0.1) is 11.3 Å². The Morgan fingerprint density at radius 1 is 1.21 bits per heavy atom. The van der Waals surface area contributed by atoms with Crippen molar-refractivity contribution < 1.29 is 17.9 Å². The molecule has 9 heteroatoms.